The van der Waals surface area contributed by atoms with Gasteiger partial charge in [-0.05, 0) is 24.6 Å². The van der Waals surface area contributed by atoms with E-state index < -0.39 is 0 Å². The average Bonchev–Trinajstić information content (AvgIpc) is 3.30. The molecule has 25 heavy (non-hydrogen) atoms. The van der Waals surface area contributed by atoms with Gasteiger partial charge in [-0.3, -0.25) is 0 Å². The fourth-order valence-electron chi connectivity index (χ4n) is 3.25. The third-order valence-corrected chi connectivity index (χ3v) is 4.95. The predicted molar refractivity (Wildman–Crippen MR) is 96.9 cm³/mol. The Morgan fingerprint density at radius 3 is 3.04 bits per heavy atom. The molecular formula is C17H16ClN7. The van der Waals surface area contributed by atoms with Crippen LogP contribution in [0.5, 0.6) is 0 Å². The van der Waals surface area contributed by atoms with Crippen molar-refractivity contribution in [3.05, 3.63) is 41.4 Å². The number of nitrogens with one attached hydrogen (secondary N) is 1. The number of hydrogen-bond donors (Lipinski definition) is 1. The number of nitrogens with zero attached hydrogens (tertiary/aromatic N) is 6. The normalized spacial score (nSPS) is 17.0. The highest BCUT2D eigenvalue weighted by molar-refractivity contribution is 6.30. The lowest BCUT2D eigenvalue weighted by Crippen LogP contribution is -2.35. The molecule has 0 amide bonds. The first-order chi connectivity index (χ1) is 12.2. The molecule has 1 fully saturated rings. The molecule has 4 heterocycles. The first kappa shape index (κ1) is 15.7. The van der Waals surface area contributed by atoms with Crippen molar-refractivity contribution in [2.75, 3.05) is 29.9 Å². The number of fused-ring (bicyclic) bond motifs is 1. The zero-order valence-corrected chi connectivity index (χ0v) is 14.4. The summed E-state index contributed by atoms with van der Waals surface area (Å²) in [6.07, 6.45) is 4.46. The highest BCUT2D eigenvalue weighted by Crippen LogP contribution is 2.28. The van der Waals surface area contributed by atoms with Gasteiger partial charge < -0.3 is 14.8 Å². The molecule has 0 aromatic carbocycles. The first-order valence-corrected chi connectivity index (χ1v) is 8.37. The predicted octanol–water partition coefficient (Wildman–Crippen LogP) is 2.59. The van der Waals surface area contributed by atoms with Gasteiger partial charge in [0.05, 0.1) is 10.9 Å². The van der Waals surface area contributed by atoms with E-state index in [1.807, 2.05) is 31.4 Å². The van der Waals surface area contributed by atoms with E-state index in [0.29, 0.717) is 11.6 Å². The van der Waals surface area contributed by atoms with Crippen LogP contribution in [-0.2, 0) is 0 Å². The summed E-state index contributed by atoms with van der Waals surface area (Å²) in [4.78, 5) is 20.6. The minimum absolute atomic E-state index is 0.242. The number of aromatic nitrogens is 4. The van der Waals surface area contributed by atoms with E-state index in [4.69, 9.17) is 16.9 Å². The number of nitriles is 1. The zero-order valence-electron chi connectivity index (χ0n) is 13.6. The Kier molecular flexibility index (Phi) is 3.90. The lowest BCUT2D eigenvalue weighted by molar-refractivity contribution is 0.684. The van der Waals surface area contributed by atoms with Crippen LogP contribution in [0.3, 0.4) is 0 Å². The van der Waals surface area contributed by atoms with Gasteiger partial charge in [0.15, 0.2) is 0 Å². The summed E-state index contributed by atoms with van der Waals surface area (Å²) in [5.74, 6) is 1.72. The summed E-state index contributed by atoms with van der Waals surface area (Å²) in [5, 5.41) is 10.3. The quantitative estimate of drug-likeness (QED) is 0.728. The van der Waals surface area contributed by atoms with Crippen molar-refractivity contribution < 1.29 is 0 Å². The van der Waals surface area contributed by atoms with E-state index in [0.717, 1.165) is 42.2 Å². The third kappa shape index (κ3) is 2.75. The van der Waals surface area contributed by atoms with Crippen LogP contribution in [0, 0.1) is 11.3 Å². The number of aromatic amines is 1. The highest BCUT2D eigenvalue weighted by Gasteiger charge is 2.28. The van der Waals surface area contributed by atoms with Crippen molar-refractivity contribution >= 4 is 34.3 Å². The minimum atomic E-state index is 0.242. The van der Waals surface area contributed by atoms with E-state index in [-0.39, 0.29) is 5.15 Å². The van der Waals surface area contributed by atoms with Gasteiger partial charge in [-0.25, -0.2) is 15.0 Å². The molecule has 1 aliphatic rings. The molecule has 3 aromatic heterocycles. The maximum atomic E-state index is 8.98. The molecule has 7 nitrogen and oxygen atoms in total. The smallest absolute Gasteiger partial charge is 0.149 e. The number of hydrogen-bond acceptors (Lipinski definition) is 6. The van der Waals surface area contributed by atoms with Gasteiger partial charge in [0.1, 0.15) is 34.8 Å². The number of rotatable bonds is 3. The number of anilines is 2. The van der Waals surface area contributed by atoms with Crippen LogP contribution < -0.4 is 9.80 Å². The maximum absolute atomic E-state index is 8.98. The third-order valence-electron chi connectivity index (χ3n) is 4.66. The zero-order chi connectivity index (χ0) is 17.4. The Labute approximate surface area is 149 Å². The van der Waals surface area contributed by atoms with Crippen LogP contribution in [0.25, 0.3) is 11.0 Å². The second-order valence-electron chi connectivity index (χ2n) is 6.06. The summed E-state index contributed by atoms with van der Waals surface area (Å²) in [5.41, 5.74) is 1.24. The van der Waals surface area contributed by atoms with E-state index in [1.54, 1.807) is 12.4 Å². The van der Waals surface area contributed by atoms with Crippen LogP contribution in [0.1, 0.15) is 12.0 Å². The van der Waals surface area contributed by atoms with Gasteiger partial charge in [-0.1, -0.05) is 11.6 Å². The van der Waals surface area contributed by atoms with Crippen LogP contribution >= 0.6 is 11.6 Å². The van der Waals surface area contributed by atoms with Gasteiger partial charge in [0.2, 0.25) is 0 Å². The monoisotopic (exact) mass is 353 g/mol. The van der Waals surface area contributed by atoms with Crippen molar-refractivity contribution in [2.24, 2.45) is 0 Å². The molecule has 1 aliphatic heterocycles. The van der Waals surface area contributed by atoms with Gasteiger partial charge in [0.25, 0.3) is 0 Å². The maximum Gasteiger partial charge on any atom is 0.149 e. The highest BCUT2D eigenvalue weighted by atomic mass is 35.5. The number of H-pyrrole nitrogens is 1. The molecule has 0 radical (unpaired) electrons. The molecule has 0 aliphatic carbocycles. The van der Waals surface area contributed by atoms with Crippen molar-refractivity contribution in [3.63, 3.8) is 0 Å². The molecule has 0 bridgehead atoms. The molecule has 1 saturated heterocycles. The average molecular weight is 354 g/mol. The number of pyridine rings is 1. The topological polar surface area (TPSA) is 84.7 Å². The molecule has 8 heteroatoms. The minimum Gasteiger partial charge on any atom is -0.355 e. The number of halogens is 1. The molecule has 0 spiro atoms. The van der Waals surface area contributed by atoms with E-state index in [2.05, 4.69) is 29.7 Å². The Morgan fingerprint density at radius 2 is 2.24 bits per heavy atom. The van der Waals surface area contributed by atoms with Gasteiger partial charge in [0, 0.05) is 32.4 Å². The van der Waals surface area contributed by atoms with E-state index in [9.17, 15) is 0 Å². The van der Waals surface area contributed by atoms with Crippen LogP contribution in [0.15, 0.2) is 30.7 Å². The fraction of sp³-hybridized carbons (Fsp3) is 0.294. The van der Waals surface area contributed by atoms with E-state index in [1.165, 1.54) is 0 Å². The van der Waals surface area contributed by atoms with Crippen LogP contribution in [0.4, 0.5) is 11.6 Å². The largest absolute Gasteiger partial charge is 0.355 e. The fourth-order valence-corrected chi connectivity index (χ4v) is 3.44. The second-order valence-corrected chi connectivity index (χ2v) is 6.41. The summed E-state index contributed by atoms with van der Waals surface area (Å²) < 4.78 is 0. The van der Waals surface area contributed by atoms with Gasteiger partial charge in [-0.15, -0.1) is 0 Å². The Balaban J connectivity index is 1.55. The van der Waals surface area contributed by atoms with Crippen molar-refractivity contribution in [3.8, 4) is 6.07 Å². The Bertz CT molecular complexity index is 961. The summed E-state index contributed by atoms with van der Waals surface area (Å²) >= 11 is 6.07. The molecule has 4 rings (SSSR count). The van der Waals surface area contributed by atoms with Gasteiger partial charge >= 0.3 is 0 Å². The molecule has 126 valence electrons. The van der Waals surface area contributed by atoms with E-state index >= 15 is 0 Å². The van der Waals surface area contributed by atoms with Gasteiger partial charge in [-0.2, -0.15) is 5.26 Å². The Hall–Kier alpha value is -2.85. The lowest BCUT2D eigenvalue weighted by Gasteiger charge is -2.26. The standard InChI is InChI=1S/C17H16ClN7/c1-24(14-3-2-11(8-19)15(18)23-14)12-5-7-25(9-12)17-13-4-6-20-16(13)21-10-22-17/h2-4,6,10,12H,5,7,9H2,1H3,(H,20,21,22)/t12-/m1/s1. The molecule has 0 saturated carbocycles. The SMILES string of the molecule is CN(c1ccc(C#N)c(Cl)n1)[C@@H]1CCN(c2ncnc3[nH]ccc23)C1. The van der Waals surface area contributed by atoms with Crippen LogP contribution in [0.2, 0.25) is 5.15 Å². The number of likely N-dealkylation sites (N-methyl/N-ethyl adjacent to an activating group) is 1. The summed E-state index contributed by atoms with van der Waals surface area (Å²) in [7, 11) is 2.00. The lowest BCUT2D eigenvalue weighted by atomic mass is 10.2. The van der Waals surface area contributed by atoms with Crippen LogP contribution in [-0.4, -0.2) is 46.1 Å². The van der Waals surface area contributed by atoms with Crippen molar-refractivity contribution in [1.29, 1.82) is 5.26 Å². The summed E-state index contributed by atoms with van der Waals surface area (Å²) in [6.45, 7) is 1.75. The first-order valence-electron chi connectivity index (χ1n) is 8.00. The molecule has 1 atom stereocenters. The summed E-state index contributed by atoms with van der Waals surface area (Å²) in [6, 6.07) is 7.88. The molecule has 0 unspecified atom stereocenters. The van der Waals surface area contributed by atoms with Crippen molar-refractivity contribution in [2.45, 2.75) is 12.5 Å². The molecular weight excluding hydrogens is 338 g/mol. The second kappa shape index (κ2) is 6.22. The van der Waals surface area contributed by atoms with Crippen molar-refractivity contribution in [1.82, 2.24) is 19.9 Å². The Morgan fingerprint density at radius 1 is 1.36 bits per heavy atom. The molecule has 1 N–H and O–H groups in total. The molecule has 3 aromatic rings.